The maximum absolute atomic E-state index is 12.9. The van der Waals surface area contributed by atoms with Gasteiger partial charge in [-0.2, -0.15) is 0 Å². The van der Waals surface area contributed by atoms with Crippen molar-refractivity contribution in [1.29, 1.82) is 0 Å². The molecule has 2 aromatic rings. The topological polar surface area (TPSA) is 45.7 Å². The quantitative estimate of drug-likeness (QED) is 0.701. The van der Waals surface area contributed by atoms with Crippen LogP contribution in [-0.4, -0.2) is 53.0 Å². The molecule has 4 rings (SSSR count). The number of piperidine rings is 1. The minimum atomic E-state index is 0.0846. The Kier molecular flexibility index (Phi) is 6.22. The second-order valence-corrected chi connectivity index (χ2v) is 7.80. The highest BCUT2D eigenvalue weighted by Gasteiger charge is 2.33. The Labute approximate surface area is 167 Å². The van der Waals surface area contributed by atoms with Crippen molar-refractivity contribution in [2.45, 2.75) is 44.7 Å². The molecule has 0 atom stereocenters. The Morgan fingerprint density at radius 2 is 1.89 bits per heavy atom. The van der Waals surface area contributed by atoms with E-state index >= 15 is 0 Å². The third kappa shape index (κ3) is 5.10. The van der Waals surface area contributed by atoms with Crippen molar-refractivity contribution in [3.05, 3.63) is 59.9 Å². The lowest BCUT2D eigenvalue weighted by atomic mass is 10.1. The van der Waals surface area contributed by atoms with Crippen molar-refractivity contribution in [1.82, 2.24) is 14.8 Å². The van der Waals surface area contributed by atoms with Crippen LogP contribution in [0.3, 0.4) is 0 Å². The molecule has 148 valence electrons. The summed E-state index contributed by atoms with van der Waals surface area (Å²) in [5.41, 5.74) is 1.82. The van der Waals surface area contributed by atoms with Gasteiger partial charge in [-0.1, -0.05) is 18.6 Å². The van der Waals surface area contributed by atoms with E-state index in [4.69, 9.17) is 4.74 Å². The molecule has 0 bridgehead atoms. The zero-order valence-electron chi connectivity index (χ0n) is 16.4. The average molecular weight is 380 g/mol. The Morgan fingerprint density at radius 3 is 2.64 bits per heavy atom. The Morgan fingerprint density at radius 1 is 1.11 bits per heavy atom. The highest BCUT2D eigenvalue weighted by molar-refractivity contribution is 5.94. The smallest absolute Gasteiger partial charge is 0.254 e. The number of rotatable bonds is 8. The SMILES string of the molecule is O=C(c1ccncc1)N(Cc1cccc(OCCN2CCCCC2)c1)C1CC1. The molecule has 0 N–H and O–H groups in total. The predicted molar refractivity (Wildman–Crippen MR) is 109 cm³/mol. The Bertz CT molecular complexity index is 770. The minimum Gasteiger partial charge on any atom is -0.492 e. The van der Waals surface area contributed by atoms with Crippen LogP contribution in [0.15, 0.2) is 48.8 Å². The zero-order valence-corrected chi connectivity index (χ0v) is 16.4. The first-order valence-electron chi connectivity index (χ1n) is 10.4. The standard InChI is InChI=1S/C23H29N3O2/c27-23(20-9-11-24-12-10-20)26(21-7-8-21)18-19-5-4-6-22(17-19)28-16-15-25-13-2-1-3-14-25/h4-6,9-12,17,21H,1-3,7-8,13-16,18H2. The molecule has 1 aromatic heterocycles. The zero-order chi connectivity index (χ0) is 19.2. The van der Waals surface area contributed by atoms with E-state index in [-0.39, 0.29) is 5.91 Å². The number of pyridine rings is 1. The summed E-state index contributed by atoms with van der Waals surface area (Å²) in [6, 6.07) is 12.1. The number of carbonyl (C=O) groups excluding carboxylic acids is 1. The molecule has 28 heavy (non-hydrogen) atoms. The minimum absolute atomic E-state index is 0.0846. The van der Waals surface area contributed by atoms with Crippen molar-refractivity contribution in [3.63, 3.8) is 0 Å². The van der Waals surface area contributed by atoms with Gasteiger partial charge in [0.15, 0.2) is 0 Å². The number of benzene rings is 1. The summed E-state index contributed by atoms with van der Waals surface area (Å²) in [5, 5.41) is 0. The third-order valence-corrected chi connectivity index (χ3v) is 5.55. The molecular formula is C23H29N3O2. The lowest BCUT2D eigenvalue weighted by Gasteiger charge is -2.26. The molecule has 1 aromatic carbocycles. The highest BCUT2D eigenvalue weighted by atomic mass is 16.5. The lowest BCUT2D eigenvalue weighted by Crippen LogP contribution is -2.33. The molecule has 5 nitrogen and oxygen atoms in total. The van der Waals surface area contributed by atoms with Crippen LogP contribution in [0.5, 0.6) is 5.75 Å². The molecule has 1 aliphatic carbocycles. The van der Waals surface area contributed by atoms with Crippen molar-refractivity contribution in [3.8, 4) is 5.75 Å². The molecule has 2 fully saturated rings. The van der Waals surface area contributed by atoms with E-state index in [1.54, 1.807) is 24.5 Å². The van der Waals surface area contributed by atoms with Gasteiger partial charge in [0.05, 0.1) is 0 Å². The summed E-state index contributed by atoms with van der Waals surface area (Å²) in [4.78, 5) is 21.4. The van der Waals surface area contributed by atoms with E-state index < -0.39 is 0 Å². The first-order valence-corrected chi connectivity index (χ1v) is 10.4. The van der Waals surface area contributed by atoms with Crippen molar-refractivity contribution in [2.24, 2.45) is 0 Å². The number of nitrogens with zero attached hydrogens (tertiary/aromatic N) is 3. The fourth-order valence-corrected chi connectivity index (χ4v) is 3.82. The maximum Gasteiger partial charge on any atom is 0.254 e. The van der Waals surface area contributed by atoms with Crippen LogP contribution in [0.1, 0.15) is 48.0 Å². The fraction of sp³-hybridized carbons (Fsp3) is 0.478. The second-order valence-electron chi connectivity index (χ2n) is 7.80. The number of hydrogen-bond donors (Lipinski definition) is 0. The van der Waals surface area contributed by atoms with E-state index in [1.807, 2.05) is 17.0 Å². The van der Waals surface area contributed by atoms with Gasteiger partial charge in [0.2, 0.25) is 0 Å². The van der Waals surface area contributed by atoms with Crippen LogP contribution >= 0.6 is 0 Å². The average Bonchev–Trinajstić information content (AvgIpc) is 3.59. The van der Waals surface area contributed by atoms with Gasteiger partial charge in [-0.15, -0.1) is 0 Å². The van der Waals surface area contributed by atoms with Crippen LogP contribution in [-0.2, 0) is 6.54 Å². The largest absolute Gasteiger partial charge is 0.492 e. The molecule has 1 saturated carbocycles. The van der Waals surface area contributed by atoms with E-state index in [0.29, 0.717) is 24.8 Å². The van der Waals surface area contributed by atoms with Crippen LogP contribution in [0.4, 0.5) is 0 Å². The molecular weight excluding hydrogens is 350 g/mol. The Hall–Kier alpha value is -2.40. The van der Waals surface area contributed by atoms with E-state index in [2.05, 4.69) is 22.0 Å². The molecule has 0 spiro atoms. The molecule has 2 heterocycles. The van der Waals surface area contributed by atoms with Crippen LogP contribution in [0.25, 0.3) is 0 Å². The number of aromatic nitrogens is 1. The monoisotopic (exact) mass is 379 g/mol. The molecule has 2 aliphatic rings. The number of amides is 1. The number of likely N-dealkylation sites (tertiary alicyclic amines) is 1. The summed E-state index contributed by atoms with van der Waals surface area (Å²) >= 11 is 0. The van der Waals surface area contributed by atoms with Crippen LogP contribution in [0, 0.1) is 0 Å². The van der Waals surface area contributed by atoms with E-state index in [1.165, 1.54) is 32.4 Å². The number of ether oxygens (including phenoxy) is 1. The summed E-state index contributed by atoms with van der Waals surface area (Å²) in [5.74, 6) is 0.975. The molecule has 0 unspecified atom stereocenters. The first-order chi connectivity index (χ1) is 13.8. The van der Waals surface area contributed by atoms with Crippen molar-refractivity contribution < 1.29 is 9.53 Å². The van der Waals surface area contributed by atoms with E-state index in [0.717, 1.165) is 30.7 Å². The van der Waals surface area contributed by atoms with Gasteiger partial charge in [0.1, 0.15) is 12.4 Å². The Balaban J connectivity index is 1.35. The summed E-state index contributed by atoms with van der Waals surface area (Å²) in [6.45, 7) is 4.70. The van der Waals surface area contributed by atoms with Gasteiger partial charge >= 0.3 is 0 Å². The predicted octanol–water partition coefficient (Wildman–Crippen LogP) is 3.75. The molecule has 1 amide bonds. The molecule has 1 aliphatic heterocycles. The summed E-state index contributed by atoms with van der Waals surface area (Å²) in [7, 11) is 0. The number of hydrogen-bond acceptors (Lipinski definition) is 4. The van der Waals surface area contributed by atoms with Gasteiger partial charge in [0, 0.05) is 37.1 Å². The third-order valence-electron chi connectivity index (χ3n) is 5.55. The second kappa shape index (κ2) is 9.20. The van der Waals surface area contributed by atoms with Crippen LogP contribution < -0.4 is 4.74 Å². The van der Waals surface area contributed by atoms with Gasteiger partial charge in [-0.05, 0) is 68.6 Å². The van der Waals surface area contributed by atoms with Gasteiger partial charge < -0.3 is 9.64 Å². The van der Waals surface area contributed by atoms with Gasteiger partial charge in [-0.3, -0.25) is 14.7 Å². The lowest BCUT2D eigenvalue weighted by molar-refractivity contribution is 0.0729. The summed E-state index contributed by atoms with van der Waals surface area (Å²) in [6.07, 6.45) is 9.49. The van der Waals surface area contributed by atoms with Crippen LogP contribution in [0.2, 0.25) is 0 Å². The number of carbonyl (C=O) groups is 1. The summed E-state index contributed by atoms with van der Waals surface area (Å²) < 4.78 is 6.00. The van der Waals surface area contributed by atoms with Crippen molar-refractivity contribution in [2.75, 3.05) is 26.2 Å². The highest BCUT2D eigenvalue weighted by Crippen LogP contribution is 2.30. The van der Waals surface area contributed by atoms with Gasteiger partial charge in [-0.25, -0.2) is 0 Å². The molecule has 1 saturated heterocycles. The fourth-order valence-electron chi connectivity index (χ4n) is 3.82. The van der Waals surface area contributed by atoms with Crippen molar-refractivity contribution >= 4 is 5.91 Å². The molecule has 5 heteroatoms. The van der Waals surface area contributed by atoms with Gasteiger partial charge in [0.25, 0.3) is 5.91 Å². The van der Waals surface area contributed by atoms with E-state index in [9.17, 15) is 4.79 Å². The maximum atomic E-state index is 12.9. The molecule has 0 radical (unpaired) electrons. The first kappa shape index (κ1) is 18.9. The normalized spacial score (nSPS) is 17.3.